The first kappa shape index (κ1) is 15.5. The first-order chi connectivity index (χ1) is 11.2. The Hall–Kier alpha value is -2.39. The van der Waals surface area contributed by atoms with E-state index in [9.17, 15) is 4.79 Å². The van der Waals surface area contributed by atoms with Gasteiger partial charge in [-0.1, -0.05) is 49.4 Å². The number of aromatic nitrogens is 1. The van der Waals surface area contributed by atoms with Gasteiger partial charge in [-0.05, 0) is 31.2 Å². The third kappa shape index (κ3) is 3.35. The molecule has 2 aromatic carbocycles. The molecule has 1 N–H and O–H groups in total. The molecule has 0 aliphatic rings. The van der Waals surface area contributed by atoms with Crippen molar-refractivity contribution in [3.8, 4) is 0 Å². The van der Waals surface area contributed by atoms with Gasteiger partial charge in [-0.2, -0.15) is 0 Å². The van der Waals surface area contributed by atoms with Crippen molar-refractivity contribution in [3.63, 3.8) is 0 Å². The van der Waals surface area contributed by atoms with Crippen LogP contribution in [0.2, 0.25) is 0 Å². The fourth-order valence-electron chi connectivity index (χ4n) is 2.94. The van der Waals surface area contributed by atoms with Crippen molar-refractivity contribution < 1.29 is 0 Å². The molecule has 0 aliphatic heterocycles. The van der Waals surface area contributed by atoms with Crippen molar-refractivity contribution in [2.45, 2.75) is 26.9 Å². The molecule has 0 saturated carbocycles. The van der Waals surface area contributed by atoms with Gasteiger partial charge in [-0.15, -0.1) is 0 Å². The SMILES string of the molecule is CCN(Cc1ccccc1)Cc1c(C)[nH]c2ccccc2c1=O. The predicted molar refractivity (Wildman–Crippen MR) is 95.5 cm³/mol. The lowest BCUT2D eigenvalue weighted by Crippen LogP contribution is -2.27. The van der Waals surface area contributed by atoms with Crippen LogP contribution in [0.4, 0.5) is 0 Å². The Morgan fingerprint density at radius 3 is 2.39 bits per heavy atom. The number of aromatic amines is 1. The minimum atomic E-state index is 0.142. The Morgan fingerprint density at radius 1 is 0.957 bits per heavy atom. The zero-order chi connectivity index (χ0) is 16.2. The monoisotopic (exact) mass is 306 g/mol. The van der Waals surface area contributed by atoms with Crippen LogP contribution in [0.25, 0.3) is 10.9 Å². The van der Waals surface area contributed by atoms with E-state index in [2.05, 4.69) is 41.1 Å². The molecular weight excluding hydrogens is 284 g/mol. The molecule has 3 aromatic rings. The minimum absolute atomic E-state index is 0.142. The second-order valence-corrected chi connectivity index (χ2v) is 5.89. The highest BCUT2D eigenvalue weighted by atomic mass is 16.1. The molecule has 0 saturated heterocycles. The largest absolute Gasteiger partial charge is 0.358 e. The van der Waals surface area contributed by atoms with Crippen molar-refractivity contribution in [2.75, 3.05) is 6.54 Å². The summed E-state index contributed by atoms with van der Waals surface area (Å²) in [7, 11) is 0. The smallest absolute Gasteiger partial charge is 0.194 e. The second kappa shape index (κ2) is 6.80. The summed E-state index contributed by atoms with van der Waals surface area (Å²) in [6.45, 7) is 6.54. The summed E-state index contributed by atoms with van der Waals surface area (Å²) < 4.78 is 0. The summed E-state index contributed by atoms with van der Waals surface area (Å²) in [6, 6.07) is 18.1. The maximum atomic E-state index is 12.8. The number of hydrogen-bond acceptors (Lipinski definition) is 2. The van der Waals surface area contributed by atoms with E-state index in [-0.39, 0.29) is 5.43 Å². The molecule has 1 heterocycles. The van der Waals surface area contributed by atoms with Crippen LogP contribution < -0.4 is 5.43 Å². The number of rotatable bonds is 5. The lowest BCUT2D eigenvalue weighted by Gasteiger charge is -2.21. The van der Waals surface area contributed by atoms with Crippen LogP contribution in [0.15, 0.2) is 59.4 Å². The number of hydrogen-bond donors (Lipinski definition) is 1. The standard InChI is InChI=1S/C20H22N2O/c1-3-22(13-16-9-5-4-6-10-16)14-18-15(2)21-19-12-8-7-11-17(19)20(18)23/h4-12H,3,13-14H2,1-2H3,(H,21,23). The molecule has 1 aromatic heterocycles. The first-order valence-corrected chi connectivity index (χ1v) is 8.06. The number of fused-ring (bicyclic) bond motifs is 1. The normalized spacial score (nSPS) is 11.3. The third-order valence-corrected chi connectivity index (χ3v) is 4.30. The zero-order valence-corrected chi connectivity index (χ0v) is 13.7. The van der Waals surface area contributed by atoms with E-state index in [0.29, 0.717) is 6.54 Å². The molecule has 0 atom stereocenters. The van der Waals surface area contributed by atoms with Gasteiger partial charge in [-0.3, -0.25) is 9.69 Å². The van der Waals surface area contributed by atoms with E-state index in [1.165, 1.54) is 5.56 Å². The molecule has 0 fully saturated rings. The van der Waals surface area contributed by atoms with Crippen LogP contribution in [0.1, 0.15) is 23.7 Å². The number of benzene rings is 2. The number of nitrogens with zero attached hydrogens (tertiary/aromatic N) is 1. The highest BCUT2D eigenvalue weighted by Gasteiger charge is 2.13. The molecule has 0 amide bonds. The zero-order valence-electron chi connectivity index (χ0n) is 13.7. The van der Waals surface area contributed by atoms with Crippen molar-refractivity contribution in [1.29, 1.82) is 0 Å². The quantitative estimate of drug-likeness (QED) is 0.777. The maximum absolute atomic E-state index is 12.8. The summed E-state index contributed by atoms with van der Waals surface area (Å²) in [5.41, 5.74) is 4.14. The summed E-state index contributed by atoms with van der Waals surface area (Å²) in [6.07, 6.45) is 0. The molecule has 118 valence electrons. The summed E-state index contributed by atoms with van der Waals surface area (Å²) >= 11 is 0. The van der Waals surface area contributed by atoms with Crippen LogP contribution in [0, 0.1) is 6.92 Å². The molecule has 3 heteroatoms. The van der Waals surface area contributed by atoms with Gasteiger partial charge in [0.1, 0.15) is 0 Å². The van der Waals surface area contributed by atoms with Gasteiger partial charge in [0, 0.05) is 35.2 Å². The van der Waals surface area contributed by atoms with Crippen molar-refractivity contribution in [3.05, 3.63) is 81.6 Å². The van der Waals surface area contributed by atoms with E-state index in [4.69, 9.17) is 0 Å². The van der Waals surface area contributed by atoms with Gasteiger partial charge in [0.15, 0.2) is 5.43 Å². The molecule has 3 nitrogen and oxygen atoms in total. The summed E-state index contributed by atoms with van der Waals surface area (Å²) in [4.78, 5) is 18.5. The molecule has 3 rings (SSSR count). The van der Waals surface area contributed by atoms with Gasteiger partial charge < -0.3 is 4.98 Å². The minimum Gasteiger partial charge on any atom is -0.358 e. The van der Waals surface area contributed by atoms with E-state index >= 15 is 0 Å². The Kier molecular flexibility index (Phi) is 4.58. The third-order valence-electron chi connectivity index (χ3n) is 4.30. The lowest BCUT2D eigenvalue weighted by atomic mass is 10.1. The van der Waals surface area contributed by atoms with E-state index < -0.39 is 0 Å². The fourth-order valence-corrected chi connectivity index (χ4v) is 2.94. The highest BCUT2D eigenvalue weighted by Crippen LogP contribution is 2.14. The van der Waals surface area contributed by atoms with Gasteiger partial charge >= 0.3 is 0 Å². The molecule has 0 unspecified atom stereocenters. The number of pyridine rings is 1. The van der Waals surface area contributed by atoms with Crippen LogP contribution >= 0.6 is 0 Å². The number of aryl methyl sites for hydroxylation is 1. The lowest BCUT2D eigenvalue weighted by molar-refractivity contribution is 0.270. The Morgan fingerprint density at radius 2 is 1.65 bits per heavy atom. The van der Waals surface area contributed by atoms with Crippen molar-refractivity contribution in [2.24, 2.45) is 0 Å². The summed E-state index contributed by atoms with van der Waals surface area (Å²) in [5.74, 6) is 0. The van der Waals surface area contributed by atoms with Gasteiger partial charge in [0.05, 0.1) is 0 Å². The van der Waals surface area contributed by atoms with Gasteiger partial charge in [-0.25, -0.2) is 0 Å². The molecule has 0 spiro atoms. The predicted octanol–water partition coefficient (Wildman–Crippen LogP) is 3.86. The van der Waals surface area contributed by atoms with Crippen LogP contribution in [0.5, 0.6) is 0 Å². The number of nitrogens with one attached hydrogen (secondary N) is 1. The molecule has 0 bridgehead atoms. The molecular formula is C20H22N2O. The molecule has 23 heavy (non-hydrogen) atoms. The van der Waals surface area contributed by atoms with Gasteiger partial charge in [0.25, 0.3) is 0 Å². The molecule has 0 radical (unpaired) electrons. The Balaban J connectivity index is 1.92. The van der Waals surface area contributed by atoms with Crippen LogP contribution in [-0.4, -0.2) is 16.4 Å². The number of para-hydroxylation sites is 1. The summed E-state index contributed by atoms with van der Waals surface area (Å²) in [5, 5.41) is 0.767. The van der Waals surface area contributed by atoms with E-state index in [0.717, 1.165) is 35.2 Å². The fraction of sp³-hybridized carbons (Fsp3) is 0.250. The highest BCUT2D eigenvalue weighted by molar-refractivity contribution is 5.79. The maximum Gasteiger partial charge on any atom is 0.194 e. The topological polar surface area (TPSA) is 36.1 Å². The average Bonchev–Trinajstić information content (AvgIpc) is 2.58. The Bertz CT molecular complexity index is 852. The average molecular weight is 306 g/mol. The second-order valence-electron chi connectivity index (χ2n) is 5.89. The van der Waals surface area contributed by atoms with Crippen molar-refractivity contribution in [1.82, 2.24) is 9.88 Å². The van der Waals surface area contributed by atoms with Crippen LogP contribution in [-0.2, 0) is 13.1 Å². The van der Waals surface area contributed by atoms with E-state index in [1.54, 1.807) is 0 Å². The Labute approximate surface area is 136 Å². The van der Waals surface area contributed by atoms with Gasteiger partial charge in [0.2, 0.25) is 0 Å². The molecule has 0 aliphatic carbocycles. The van der Waals surface area contributed by atoms with E-state index in [1.807, 2.05) is 37.3 Å². The van der Waals surface area contributed by atoms with Crippen LogP contribution in [0.3, 0.4) is 0 Å². The van der Waals surface area contributed by atoms with Crippen molar-refractivity contribution >= 4 is 10.9 Å². The first-order valence-electron chi connectivity index (χ1n) is 8.06. The number of H-pyrrole nitrogens is 1.